The molecule has 0 aromatic heterocycles. The summed E-state index contributed by atoms with van der Waals surface area (Å²) in [7, 11) is 0. The molecule has 0 atom stereocenters. The van der Waals surface area contributed by atoms with Gasteiger partial charge in [0.1, 0.15) is 5.75 Å². The molecule has 0 radical (unpaired) electrons. The van der Waals surface area contributed by atoms with Crippen molar-refractivity contribution in [2.45, 2.75) is 39.0 Å². The summed E-state index contributed by atoms with van der Waals surface area (Å²) in [5, 5.41) is 0. The molecule has 0 aliphatic heterocycles. The standard InChI is InChI=1S/C13H18F3NO/c1-2-10-6-7-12(18-13(14,15)16)11(9-10)5-3-4-8-17/h6-7,9H,2-5,8,17H2,1H3. The maximum atomic E-state index is 12.2. The normalized spacial score (nSPS) is 11.6. The fourth-order valence-electron chi connectivity index (χ4n) is 1.73. The second kappa shape index (κ2) is 6.64. The average Bonchev–Trinajstić information content (AvgIpc) is 2.29. The molecule has 0 bridgehead atoms. The largest absolute Gasteiger partial charge is 0.573 e. The van der Waals surface area contributed by atoms with Crippen LogP contribution in [0.25, 0.3) is 0 Å². The molecule has 2 N–H and O–H groups in total. The Bertz CT molecular complexity index is 377. The van der Waals surface area contributed by atoms with E-state index in [1.807, 2.05) is 6.92 Å². The number of unbranched alkanes of at least 4 members (excludes halogenated alkanes) is 1. The third-order valence-corrected chi connectivity index (χ3v) is 2.66. The lowest BCUT2D eigenvalue weighted by Crippen LogP contribution is -2.18. The molecule has 0 aliphatic carbocycles. The van der Waals surface area contributed by atoms with Crippen molar-refractivity contribution in [1.82, 2.24) is 0 Å². The summed E-state index contributed by atoms with van der Waals surface area (Å²) in [6, 6.07) is 4.83. The van der Waals surface area contributed by atoms with E-state index in [4.69, 9.17) is 5.73 Å². The number of alkyl halides is 3. The second-order valence-electron chi connectivity index (χ2n) is 4.09. The molecule has 0 fully saturated rings. The van der Waals surface area contributed by atoms with E-state index >= 15 is 0 Å². The molecule has 102 valence electrons. The van der Waals surface area contributed by atoms with Gasteiger partial charge < -0.3 is 10.5 Å². The Labute approximate surface area is 105 Å². The van der Waals surface area contributed by atoms with Crippen LogP contribution in [0.1, 0.15) is 30.9 Å². The highest BCUT2D eigenvalue weighted by atomic mass is 19.4. The number of nitrogens with two attached hydrogens (primary N) is 1. The van der Waals surface area contributed by atoms with E-state index in [1.54, 1.807) is 12.1 Å². The fraction of sp³-hybridized carbons (Fsp3) is 0.538. The Kier molecular flexibility index (Phi) is 5.47. The fourth-order valence-corrected chi connectivity index (χ4v) is 1.73. The van der Waals surface area contributed by atoms with Crippen LogP contribution in [0.3, 0.4) is 0 Å². The zero-order valence-electron chi connectivity index (χ0n) is 10.4. The van der Waals surface area contributed by atoms with Gasteiger partial charge in [-0.05, 0) is 49.4 Å². The minimum atomic E-state index is -4.64. The average molecular weight is 261 g/mol. The van der Waals surface area contributed by atoms with Crippen LogP contribution < -0.4 is 10.5 Å². The van der Waals surface area contributed by atoms with Gasteiger partial charge in [0, 0.05) is 0 Å². The Balaban J connectivity index is 2.86. The third kappa shape index (κ3) is 4.96. The number of hydrogen-bond acceptors (Lipinski definition) is 2. The van der Waals surface area contributed by atoms with Crippen LogP contribution in [-0.2, 0) is 12.8 Å². The quantitative estimate of drug-likeness (QED) is 0.796. The van der Waals surface area contributed by atoms with Crippen molar-refractivity contribution in [2.75, 3.05) is 6.54 Å². The van der Waals surface area contributed by atoms with Gasteiger partial charge in [0.25, 0.3) is 0 Å². The van der Waals surface area contributed by atoms with Crippen LogP contribution in [0.5, 0.6) is 5.75 Å². The lowest BCUT2D eigenvalue weighted by atomic mass is 10.0. The molecule has 0 heterocycles. The van der Waals surface area contributed by atoms with Crippen molar-refractivity contribution in [3.05, 3.63) is 29.3 Å². The van der Waals surface area contributed by atoms with Crippen molar-refractivity contribution in [2.24, 2.45) is 5.73 Å². The van der Waals surface area contributed by atoms with Crippen molar-refractivity contribution in [3.8, 4) is 5.75 Å². The number of rotatable bonds is 6. The molecule has 1 rings (SSSR count). The molecule has 0 saturated carbocycles. The lowest BCUT2D eigenvalue weighted by molar-refractivity contribution is -0.274. The predicted octanol–water partition coefficient (Wildman–Crippen LogP) is 3.43. The first-order chi connectivity index (χ1) is 8.46. The SMILES string of the molecule is CCc1ccc(OC(F)(F)F)c(CCCCN)c1. The van der Waals surface area contributed by atoms with E-state index in [2.05, 4.69) is 4.74 Å². The van der Waals surface area contributed by atoms with Crippen molar-refractivity contribution in [3.63, 3.8) is 0 Å². The van der Waals surface area contributed by atoms with E-state index in [-0.39, 0.29) is 5.75 Å². The van der Waals surface area contributed by atoms with Gasteiger partial charge in [0.05, 0.1) is 0 Å². The molecule has 1 aromatic carbocycles. The van der Waals surface area contributed by atoms with Crippen molar-refractivity contribution < 1.29 is 17.9 Å². The first-order valence-corrected chi connectivity index (χ1v) is 6.04. The Morgan fingerprint density at radius 3 is 2.50 bits per heavy atom. The van der Waals surface area contributed by atoms with Crippen LogP contribution in [-0.4, -0.2) is 12.9 Å². The number of hydrogen-bond donors (Lipinski definition) is 1. The summed E-state index contributed by atoms with van der Waals surface area (Å²) in [4.78, 5) is 0. The van der Waals surface area contributed by atoms with E-state index in [0.29, 0.717) is 18.5 Å². The summed E-state index contributed by atoms with van der Waals surface area (Å²) in [5.41, 5.74) is 6.98. The summed E-state index contributed by atoms with van der Waals surface area (Å²) < 4.78 is 40.8. The van der Waals surface area contributed by atoms with E-state index < -0.39 is 6.36 Å². The number of halogens is 3. The van der Waals surface area contributed by atoms with Gasteiger partial charge in [-0.2, -0.15) is 0 Å². The van der Waals surface area contributed by atoms with Crippen molar-refractivity contribution >= 4 is 0 Å². The van der Waals surface area contributed by atoms with Crippen molar-refractivity contribution in [1.29, 1.82) is 0 Å². The Hall–Kier alpha value is -1.23. The molecule has 18 heavy (non-hydrogen) atoms. The molecule has 0 spiro atoms. The zero-order valence-corrected chi connectivity index (χ0v) is 10.4. The number of ether oxygens (including phenoxy) is 1. The molecule has 1 aromatic rings. The van der Waals surface area contributed by atoms with Gasteiger partial charge in [-0.3, -0.25) is 0 Å². The molecule has 2 nitrogen and oxygen atoms in total. The minimum Gasteiger partial charge on any atom is -0.406 e. The van der Waals surface area contributed by atoms with Gasteiger partial charge in [-0.15, -0.1) is 13.2 Å². The predicted molar refractivity (Wildman–Crippen MR) is 64.5 cm³/mol. The molecule has 0 saturated heterocycles. The number of aryl methyl sites for hydroxylation is 2. The molecule has 5 heteroatoms. The summed E-state index contributed by atoms with van der Waals surface area (Å²) in [6.45, 7) is 2.51. The summed E-state index contributed by atoms with van der Waals surface area (Å²) >= 11 is 0. The van der Waals surface area contributed by atoms with Crippen LogP contribution in [0.15, 0.2) is 18.2 Å². The van der Waals surface area contributed by atoms with Gasteiger partial charge in [-0.25, -0.2) is 0 Å². The highest BCUT2D eigenvalue weighted by Crippen LogP contribution is 2.28. The minimum absolute atomic E-state index is 0.100. The molecular weight excluding hydrogens is 243 g/mol. The molecule has 0 aliphatic rings. The van der Waals surface area contributed by atoms with Crippen LogP contribution in [0.2, 0.25) is 0 Å². The second-order valence-corrected chi connectivity index (χ2v) is 4.09. The van der Waals surface area contributed by atoms with E-state index in [1.165, 1.54) is 6.07 Å². The lowest BCUT2D eigenvalue weighted by Gasteiger charge is -2.14. The highest BCUT2D eigenvalue weighted by Gasteiger charge is 2.31. The highest BCUT2D eigenvalue weighted by molar-refractivity contribution is 5.37. The van der Waals surface area contributed by atoms with Crippen LogP contribution in [0, 0.1) is 0 Å². The van der Waals surface area contributed by atoms with E-state index in [0.717, 1.165) is 24.8 Å². The summed E-state index contributed by atoms with van der Waals surface area (Å²) in [6.07, 6.45) is -1.75. The Morgan fingerprint density at radius 1 is 1.22 bits per heavy atom. The topological polar surface area (TPSA) is 35.2 Å². The first kappa shape index (κ1) is 14.8. The zero-order chi connectivity index (χ0) is 13.6. The first-order valence-electron chi connectivity index (χ1n) is 6.04. The van der Waals surface area contributed by atoms with E-state index in [9.17, 15) is 13.2 Å². The summed E-state index contributed by atoms with van der Waals surface area (Å²) in [5.74, 6) is -0.100. The van der Waals surface area contributed by atoms with Gasteiger partial charge in [0.15, 0.2) is 0 Å². The van der Waals surface area contributed by atoms with Crippen LogP contribution in [0.4, 0.5) is 13.2 Å². The Morgan fingerprint density at radius 2 is 1.94 bits per heavy atom. The smallest absolute Gasteiger partial charge is 0.406 e. The maximum absolute atomic E-state index is 12.2. The van der Waals surface area contributed by atoms with Gasteiger partial charge in [-0.1, -0.05) is 19.1 Å². The molecule has 0 amide bonds. The van der Waals surface area contributed by atoms with Crippen LogP contribution >= 0.6 is 0 Å². The maximum Gasteiger partial charge on any atom is 0.573 e. The monoisotopic (exact) mass is 261 g/mol. The van der Waals surface area contributed by atoms with Gasteiger partial charge >= 0.3 is 6.36 Å². The molecule has 0 unspecified atom stereocenters. The molecular formula is C13H18F3NO. The third-order valence-electron chi connectivity index (χ3n) is 2.66. The van der Waals surface area contributed by atoms with Gasteiger partial charge in [0.2, 0.25) is 0 Å². The number of benzene rings is 1.